The Balaban J connectivity index is 0.00000338. The molecule has 26 heavy (non-hydrogen) atoms. The molecule has 1 aliphatic rings. The predicted octanol–water partition coefficient (Wildman–Crippen LogP) is 2.58. The van der Waals surface area contributed by atoms with E-state index >= 15 is 0 Å². The molecule has 8 heteroatoms. The van der Waals surface area contributed by atoms with E-state index in [1.165, 1.54) is 0 Å². The van der Waals surface area contributed by atoms with Crippen molar-refractivity contribution in [1.82, 2.24) is 20.7 Å². The van der Waals surface area contributed by atoms with Gasteiger partial charge in [-0.1, -0.05) is 19.0 Å². The second-order valence-electron chi connectivity index (χ2n) is 6.68. The van der Waals surface area contributed by atoms with Gasteiger partial charge in [0.1, 0.15) is 5.76 Å². The monoisotopic (exact) mass is 477 g/mol. The van der Waals surface area contributed by atoms with E-state index in [2.05, 4.69) is 29.6 Å². The molecule has 2 heterocycles. The third-order valence-corrected chi connectivity index (χ3v) is 4.63. The number of rotatable bonds is 6. The number of carbonyl (C=O) groups is 1. The molecule has 148 valence electrons. The van der Waals surface area contributed by atoms with Gasteiger partial charge in [-0.25, -0.2) is 0 Å². The summed E-state index contributed by atoms with van der Waals surface area (Å²) in [5.74, 6) is 2.13. The van der Waals surface area contributed by atoms with E-state index in [1.807, 2.05) is 25.7 Å². The van der Waals surface area contributed by atoms with Gasteiger partial charge in [-0.15, -0.1) is 24.0 Å². The van der Waals surface area contributed by atoms with Crippen molar-refractivity contribution in [2.24, 2.45) is 4.99 Å². The molecule has 1 fully saturated rings. The number of nitrogens with zero attached hydrogens (tertiary/aromatic N) is 3. The van der Waals surface area contributed by atoms with Crippen molar-refractivity contribution in [2.45, 2.75) is 59.4 Å². The Labute approximate surface area is 173 Å². The first-order valence-electron chi connectivity index (χ1n) is 9.21. The highest BCUT2D eigenvalue weighted by molar-refractivity contribution is 14.0. The lowest BCUT2D eigenvalue weighted by Gasteiger charge is -2.19. The number of likely N-dealkylation sites (tertiary alicyclic amines) is 1. The van der Waals surface area contributed by atoms with E-state index in [4.69, 9.17) is 9.52 Å². The van der Waals surface area contributed by atoms with E-state index in [-0.39, 0.29) is 41.8 Å². The third-order valence-electron chi connectivity index (χ3n) is 4.63. The molecule has 0 aliphatic carbocycles. The van der Waals surface area contributed by atoms with Crippen LogP contribution in [0.5, 0.6) is 0 Å². The molecular weight excluding hydrogens is 445 g/mol. The van der Waals surface area contributed by atoms with Crippen LogP contribution in [0.1, 0.15) is 56.5 Å². The minimum atomic E-state index is 0. The van der Waals surface area contributed by atoms with Gasteiger partial charge in [-0.2, -0.15) is 0 Å². The van der Waals surface area contributed by atoms with Crippen LogP contribution in [0.25, 0.3) is 0 Å². The van der Waals surface area contributed by atoms with E-state index in [1.54, 1.807) is 0 Å². The first-order valence-corrected chi connectivity index (χ1v) is 9.21. The maximum absolute atomic E-state index is 11.8. The zero-order valence-electron chi connectivity index (χ0n) is 16.5. The Hall–Kier alpha value is -1.32. The van der Waals surface area contributed by atoms with Crippen LogP contribution in [-0.2, 0) is 4.79 Å². The molecule has 1 aromatic rings. The fraction of sp³-hybridized carbons (Fsp3) is 0.722. The molecule has 1 aliphatic heterocycles. The first-order chi connectivity index (χ1) is 12.0. The SMILES string of the molecule is CCNC(=NCC(C)c1c(C)noc1C)NC1CCN(C(=O)CC)C1.I. The Bertz CT molecular complexity index is 597. The largest absolute Gasteiger partial charge is 0.361 e. The molecule has 2 rings (SSSR count). The summed E-state index contributed by atoms with van der Waals surface area (Å²) >= 11 is 0. The highest BCUT2D eigenvalue weighted by atomic mass is 127. The molecule has 0 radical (unpaired) electrons. The summed E-state index contributed by atoms with van der Waals surface area (Å²) in [7, 11) is 0. The molecule has 2 N–H and O–H groups in total. The number of hydrogen-bond donors (Lipinski definition) is 2. The van der Waals surface area contributed by atoms with Gasteiger partial charge in [-0.3, -0.25) is 9.79 Å². The van der Waals surface area contributed by atoms with Gasteiger partial charge in [-0.05, 0) is 27.2 Å². The number of hydrogen-bond acceptors (Lipinski definition) is 4. The second kappa shape index (κ2) is 10.7. The zero-order valence-corrected chi connectivity index (χ0v) is 18.8. The Morgan fingerprint density at radius 1 is 1.42 bits per heavy atom. The van der Waals surface area contributed by atoms with Crippen molar-refractivity contribution in [3.05, 3.63) is 17.0 Å². The van der Waals surface area contributed by atoms with Crippen LogP contribution in [0.15, 0.2) is 9.52 Å². The van der Waals surface area contributed by atoms with Gasteiger partial charge < -0.3 is 20.1 Å². The summed E-state index contributed by atoms with van der Waals surface area (Å²) in [6, 6.07) is 0.252. The van der Waals surface area contributed by atoms with E-state index in [9.17, 15) is 4.79 Å². The van der Waals surface area contributed by atoms with Gasteiger partial charge >= 0.3 is 0 Å². The number of aryl methyl sites for hydroxylation is 2. The van der Waals surface area contributed by atoms with Crippen molar-refractivity contribution in [2.75, 3.05) is 26.2 Å². The number of nitrogens with one attached hydrogen (secondary N) is 2. The summed E-state index contributed by atoms with van der Waals surface area (Å²) < 4.78 is 5.26. The molecule has 0 bridgehead atoms. The average Bonchev–Trinajstić information content (AvgIpc) is 3.18. The first kappa shape index (κ1) is 22.7. The van der Waals surface area contributed by atoms with Crippen LogP contribution in [-0.4, -0.2) is 54.1 Å². The molecule has 2 unspecified atom stereocenters. The number of carbonyl (C=O) groups excluding carboxylic acids is 1. The lowest BCUT2D eigenvalue weighted by Crippen LogP contribution is -2.45. The predicted molar refractivity (Wildman–Crippen MR) is 114 cm³/mol. The van der Waals surface area contributed by atoms with Gasteiger partial charge in [0.15, 0.2) is 5.96 Å². The van der Waals surface area contributed by atoms with Crippen molar-refractivity contribution in [1.29, 1.82) is 0 Å². The van der Waals surface area contributed by atoms with E-state index < -0.39 is 0 Å². The molecule has 0 aromatic carbocycles. The van der Waals surface area contributed by atoms with Gasteiger partial charge in [0.2, 0.25) is 5.91 Å². The number of amides is 1. The van der Waals surface area contributed by atoms with Crippen LogP contribution in [0.3, 0.4) is 0 Å². The molecular formula is C18H32IN5O2. The highest BCUT2D eigenvalue weighted by Crippen LogP contribution is 2.23. The zero-order chi connectivity index (χ0) is 18.4. The van der Waals surface area contributed by atoms with Crippen LogP contribution in [0, 0.1) is 13.8 Å². The van der Waals surface area contributed by atoms with Gasteiger partial charge in [0.05, 0.1) is 5.69 Å². The summed E-state index contributed by atoms with van der Waals surface area (Å²) in [6.45, 7) is 13.0. The standard InChI is InChI=1S/C18H31N5O2.HI/c1-6-16(24)23-9-8-15(11-23)21-18(19-7-2)20-10-12(3)17-13(4)22-25-14(17)5;/h12,15H,6-11H2,1-5H3,(H2,19,20,21);1H. The Morgan fingerprint density at radius 2 is 2.15 bits per heavy atom. The Kier molecular flexibility index (Phi) is 9.38. The molecule has 1 aromatic heterocycles. The van der Waals surface area contributed by atoms with Crippen LogP contribution in [0.4, 0.5) is 0 Å². The summed E-state index contributed by atoms with van der Waals surface area (Å²) in [6.07, 6.45) is 1.52. The third kappa shape index (κ3) is 5.85. The average molecular weight is 477 g/mol. The topological polar surface area (TPSA) is 82.8 Å². The van der Waals surface area contributed by atoms with Crippen LogP contribution >= 0.6 is 24.0 Å². The fourth-order valence-electron chi connectivity index (χ4n) is 3.35. The van der Waals surface area contributed by atoms with Crippen molar-refractivity contribution < 1.29 is 9.32 Å². The molecule has 0 spiro atoms. The van der Waals surface area contributed by atoms with Crippen molar-refractivity contribution >= 4 is 35.8 Å². The summed E-state index contributed by atoms with van der Waals surface area (Å²) in [5, 5.41) is 10.8. The summed E-state index contributed by atoms with van der Waals surface area (Å²) in [5.41, 5.74) is 2.07. The highest BCUT2D eigenvalue weighted by Gasteiger charge is 2.26. The minimum Gasteiger partial charge on any atom is -0.361 e. The van der Waals surface area contributed by atoms with Gasteiger partial charge in [0, 0.05) is 50.1 Å². The molecule has 0 saturated carbocycles. The summed E-state index contributed by atoms with van der Waals surface area (Å²) in [4.78, 5) is 18.5. The fourth-order valence-corrected chi connectivity index (χ4v) is 3.35. The number of halogens is 1. The second-order valence-corrected chi connectivity index (χ2v) is 6.68. The number of guanidine groups is 1. The lowest BCUT2D eigenvalue weighted by molar-refractivity contribution is -0.129. The van der Waals surface area contributed by atoms with Crippen LogP contribution < -0.4 is 10.6 Å². The number of aliphatic imine (C=N–C) groups is 1. The maximum Gasteiger partial charge on any atom is 0.222 e. The maximum atomic E-state index is 11.8. The number of aromatic nitrogens is 1. The minimum absolute atomic E-state index is 0. The molecule has 2 atom stereocenters. The molecule has 1 saturated heterocycles. The lowest BCUT2D eigenvalue weighted by atomic mass is 10.00. The van der Waals surface area contributed by atoms with E-state index in [0.29, 0.717) is 13.0 Å². The smallest absolute Gasteiger partial charge is 0.222 e. The molecule has 7 nitrogen and oxygen atoms in total. The quantitative estimate of drug-likeness (QED) is 0.374. The van der Waals surface area contributed by atoms with Crippen molar-refractivity contribution in [3.8, 4) is 0 Å². The van der Waals surface area contributed by atoms with Crippen LogP contribution in [0.2, 0.25) is 0 Å². The van der Waals surface area contributed by atoms with Gasteiger partial charge in [0.25, 0.3) is 0 Å². The molecule has 1 amide bonds. The Morgan fingerprint density at radius 3 is 2.73 bits per heavy atom. The van der Waals surface area contributed by atoms with Crippen molar-refractivity contribution in [3.63, 3.8) is 0 Å². The normalized spacial score (nSPS) is 18.4. The van der Waals surface area contributed by atoms with E-state index in [0.717, 1.165) is 49.0 Å².